The van der Waals surface area contributed by atoms with Gasteiger partial charge in [0.25, 0.3) is 5.76 Å². The van der Waals surface area contributed by atoms with Crippen molar-refractivity contribution in [3.63, 3.8) is 0 Å². The minimum atomic E-state index is -1.37. The number of carboxylic acids is 1. The van der Waals surface area contributed by atoms with Crippen molar-refractivity contribution >= 4 is 16.9 Å². The summed E-state index contributed by atoms with van der Waals surface area (Å²) in [6.07, 6.45) is 0. The Labute approximate surface area is 171 Å². The van der Waals surface area contributed by atoms with Crippen molar-refractivity contribution < 1.29 is 23.8 Å². The minimum Gasteiger partial charge on any atom is -0.488 e. The van der Waals surface area contributed by atoms with Crippen molar-refractivity contribution in [1.29, 1.82) is 0 Å². The number of aromatic carboxylic acids is 1. The van der Waals surface area contributed by atoms with Gasteiger partial charge in [-0.1, -0.05) is 60.7 Å². The molecule has 4 aromatic rings. The van der Waals surface area contributed by atoms with E-state index in [0.717, 1.165) is 5.56 Å². The molecule has 30 heavy (non-hydrogen) atoms. The molecule has 6 heteroatoms. The van der Waals surface area contributed by atoms with Crippen LogP contribution in [-0.2, 0) is 13.2 Å². The zero-order valence-electron chi connectivity index (χ0n) is 15.9. The van der Waals surface area contributed by atoms with E-state index in [4.69, 9.17) is 13.9 Å². The first-order chi connectivity index (χ1) is 14.6. The molecule has 0 aliphatic heterocycles. The number of hydrogen-bond acceptors (Lipinski definition) is 5. The fraction of sp³-hybridized carbons (Fsp3) is 0.0833. The van der Waals surface area contributed by atoms with E-state index in [1.165, 1.54) is 0 Å². The number of fused-ring (bicyclic) bond motifs is 1. The second-order valence-electron chi connectivity index (χ2n) is 6.56. The molecule has 0 unspecified atom stereocenters. The molecule has 3 aromatic carbocycles. The Morgan fingerprint density at radius 1 is 0.833 bits per heavy atom. The predicted octanol–water partition coefficient (Wildman–Crippen LogP) is 4.65. The highest BCUT2D eigenvalue weighted by Gasteiger charge is 2.22. The topological polar surface area (TPSA) is 86.0 Å². The molecular formula is C24H18O6. The quantitative estimate of drug-likeness (QED) is 0.484. The highest BCUT2D eigenvalue weighted by atomic mass is 16.5. The van der Waals surface area contributed by atoms with Gasteiger partial charge in [0.15, 0.2) is 0 Å². The number of para-hydroxylation sites is 2. The predicted molar refractivity (Wildman–Crippen MR) is 111 cm³/mol. The fourth-order valence-corrected chi connectivity index (χ4v) is 3.05. The third-order valence-electron chi connectivity index (χ3n) is 4.53. The lowest BCUT2D eigenvalue weighted by Gasteiger charge is -2.13. The Bertz CT molecular complexity index is 1240. The van der Waals surface area contributed by atoms with Crippen LogP contribution < -0.4 is 14.9 Å². The summed E-state index contributed by atoms with van der Waals surface area (Å²) < 4.78 is 16.9. The molecule has 0 saturated carbocycles. The minimum absolute atomic E-state index is 0.0473. The molecular weight excluding hydrogens is 384 g/mol. The van der Waals surface area contributed by atoms with Crippen LogP contribution in [0.1, 0.15) is 21.7 Å². The summed E-state index contributed by atoms with van der Waals surface area (Å²) in [6.45, 7) is 0.324. The molecule has 6 nitrogen and oxygen atoms in total. The van der Waals surface area contributed by atoms with Gasteiger partial charge in [-0.3, -0.25) is 4.79 Å². The summed E-state index contributed by atoms with van der Waals surface area (Å²) in [5.74, 6) is -1.65. The monoisotopic (exact) mass is 402 g/mol. The van der Waals surface area contributed by atoms with Crippen molar-refractivity contribution in [2.24, 2.45) is 0 Å². The van der Waals surface area contributed by atoms with Crippen LogP contribution in [0.2, 0.25) is 0 Å². The Balaban J connectivity index is 1.60. The molecule has 150 valence electrons. The Kier molecular flexibility index (Phi) is 5.48. The SMILES string of the molecule is O=C(O)c1oc2ccccc2c(=O)c1OCc1ccccc1OCc1ccccc1. The maximum atomic E-state index is 12.8. The number of benzene rings is 3. The first-order valence-electron chi connectivity index (χ1n) is 9.30. The number of carbonyl (C=O) groups is 1. The van der Waals surface area contributed by atoms with E-state index >= 15 is 0 Å². The van der Waals surface area contributed by atoms with E-state index in [1.54, 1.807) is 36.4 Å². The van der Waals surface area contributed by atoms with Crippen LogP contribution in [0.5, 0.6) is 11.5 Å². The number of hydrogen-bond donors (Lipinski definition) is 1. The zero-order chi connectivity index (χ0) is 20.9. The first-order valence-corrected chi connectivity index (χ1v) is 9.30. The van der Waals surface area contributed by atoms with Crippen molar-refractivity contribution in [3.05, 3.63) is 106 Å². The average molecular weight is 402 g/mol. The Morgan fingerprint density at radius 2 is 1.53 bits per heavy atom. The highest BCUT2D eigenvalue weighted by Crippen LogP contribution is 2.25. The maximum absolute atomic E-state index is 12.8. The number of ether oxygens (including phenoxy) is 2. The lowest BCUT2D eigenvalue weighted by atomic mass is 10.2. The second kappa shape index (κ2) is 8.53. The first kappa shape index (κ1) is 19.3. The van der Waals surface area contributed by atoms with Crippen molar-refractivity contribution in [2.75, 3.05) is 0 Å². The Morgan fingerprint density at radius 3 is 2.33 bits per heavy atom. The summed E-state index contributed by atoms with van der Waals surface area (Å²) in [4.78, 5) is 24.4. The smallest absolute Gasteiger partial charge is 0.375 e. The Hall–Kier alpha value is -4.06. The van der Waals surface area contributed by atoms with Gasteiger partial charge in [-0.15, -0.1) is 0 Å². The molecule has 0 bridgehead atoms. The van der Waals surface area contributed by atoms with Crippen LogP contribution in [-0.4, -0.2) is 11.1 Å². The van der Waals surface area contributed by atoms with Gasteiger partial charge in [0.1, 0.15) is 24.5 Å². The summed E-state index contributed by atoms with van der Waals surface area (Å²) in [5, 5.41) is 9.73. The number of rotatable bonds is 7. The second-order valence-corrected chi connectivity index (χ2v) is 6.56. The molecule has 0 fully saturated rings. The van der Waals surface area contributed by atoms with Gasteiger partial charge in [-0.05, 0) is 23.8 Å². The van der Waals surface area contributed by atoms with Crippen LogP contribution in [0, 0.1) is 0 Å². The van der Waals surface area contributed by atoms with Gasteiger partial charge in [0.2, 0.25) is 11.2 Å². The molecule has 1 N–H and O–H groups in total. The van der Waals surface area contributed by atoms with Gasteiger partial charge >= 0.3 is 5.97 Å². The molecule has 0 spiro atoms. The maximum Gasteiger partial charge on any atom is 0.375 e. The summed E-state index contributed by atoms with van der Waals surface area (Å²) in [6, 6.07) is 23.4. The largest absolute Gasteiger partial charge is 0.488 e. The van der Waals surface area contributed by atoms with E-state index in [1.807, 2.05) is 42.5 Å². The third-order valence-corrected chi connectivity index (χ3v) is 4.53. The summed E-state index contributed by atoms with van der Waals surface area (Å²) in [5.41, 5.74) is 1.35. The van der Waals surface area contributed by atoms with Gasteiger partial charge in [-0.2, -0.15) is 0 Å². The van der Waals surface area contributed by atoms with Gasteiger partial charge < -0.3 is 19.0 Å². The van der Waals surface area contributed by atoms with Crippen LogP contribution in [0.3, 0.4) is 0 Å². The van der Waals surface area contributed by atoms with Crippen molar-refractivity contribution in [2.45, 2.75) is 13.2 Å². The molecule has 0 saturated heterocycles. The average Bonchev–Trinajstić information content (AvgIpc) is 2.78. The van der Waals surface area contributed by atoms with Crippen LogP contribution >= 0.6 is 0 Å². The van der Waals surface area contributed by atoms with Crippen molar-refractivity contribution in [1.82, 2.24) is 0 Å². The zero-order valence-corrected chi connectivity index (χ0v) is 15.9. The summed E-state index contributed by atoms with van der Waals surface area (Å²) >= 11 is 0. The molecule has 0 atom stereocenters. The van der Waals surface area contributed by atoms with Crippen LogP contribution in [0.4, 0.5) is 0 Å². The molecule has 0 amide bonds. The van der Waals surface area contributed by atoms with Gasteiger partial charge in [-0.25, -0.2) is 4.79 Å². The lowest BCUT2D eigenvalue weighted by Crippen LogP contribution is -2.14. The fourth-order valence-electron chi connectivity index (χ4n) is 3.05. The molecule has 0 aliphatic rings. The van der Waals surface area contributed by atoms with E-state index < -0.39 is 17.2 Å². The van der Waals surface area contributed by atoms with E-state index in [0.29, 0.717) is 17.9 Å². The molecule has 0 aliphatic carbocycles. The van der Waals surface area contributed by atoms with Crippen LogP contribution in [0.15, 0.2) is 88.1 Å². The van der Waals surface area contributed by atoms with Gasteiger partial charge in [0.05, 0.1) is 5.39 Å². The normalized spacial score (nSPS) is 10.7. The molecule has 1 heterocycles. The van der Waals surface area contributed by atoms with E-state index in [9.17, 15) is 14.7 Å². The van der Waals surface area contributed by atoms with Crippen molar-refractivity contribution in [3.8, 4) is 11.5 Å². The highest BCUT2D eigenvalue weighted by molar-refractivity contribution is 5.91. The molecule has 0 radical (unpaired) electrons. The van der Waals surface area contributed by atoms with E-state index in [-0.39, 0.29) is 23.3 Å². The number of carboxylic acid groups (broad SMARTS) is 1. The lowest BCUT2D eigenvalue weighted by molar-refractivity contribution is 0.0654. The van der Waals surface area contributed by atoms with Gasteiger partial charge in [0, 0.05) is 5.56 Å². The third kappa shape index (κ3) is 4.03. The molecule has 4 rings (SSSR count). The van der Waals surface area contributed by atoms with Crippen LogP contribution in [0.25, 0.3) is 11.0 Å². The molecule has 1 aromatic heterocycles. The summed E-state index contributed by atoms with van der Waals surface area (Å²) in [7, 11) is 0. The standard InChI is InChI=1S/C24H18O6/c25-21-18-11-5-7-13-20(18)30-23(24(26)27)22(21)29-15-17-10-4-6-12-19(17)28-14-16-8-2-1-3-9-16/h1-13H,14-15H2,(H,26,27). The van der Waals surface area contributed by atoms with E-state index in [2.05, 4.69) is 0 Å².